The number of likely N-dealkylation sites (tertiary alicyclic amines) is 1. The SMILES string of the molecule is O=C(NC12CCC(O)(CC1)CC2)c1cnn2cc(-c3ccc([C@@]45C[C@@H]4CN(C4CCOCC4)C5)cc3)cnc12. The summed E-state index contributed by atoms with van der Waals surface area (Å²) in [6.45, 7) is 4.21. The topological polar surface area (TPSA) is 92.0 Å². The summed E-state index contributed by atoms with van der Waals surface area (Å²) in [6.07, 6.45) is 13.9. The largest absolute Gasteiger partial charge is 0.390 e. The normalized spacial score (nSPS) is 34.3. The minimum absolute atomic E-state index is 0.119. The van der Waals surface area contributed by atoms with Crippen LogP contribution in [0.1, 0.15) is 73.7 Å². The van der Waals surface area contributed by atoms with Gasteiger partial charge in [-0.3, -0.25) is 9.69 Å². The number of piperidine rings is 1. The highest BCUT2D eigenvalue weighted by Gasteiger charge is 2.61. The molecule has 3 aromatic rings. The number of rotatable bonds is 5. The molecule has 2 aromatic heterocycles. The van der Waals surface area contributed by atoms with Gasteiger partial charge >= 0.3 is 0 Å². The molecule has 2 aliphatic heterocycles. The summed E-state index contributed by atoms with van der Waals surface area (Å²) in [4.78, 5) is 20.6. The Morgan fingerprint density at radius 2 is 1.74 bits per heavy atom. The fourth-order valence-corrected chi connectivity index (χ4v) is 8.14. The van der Waals surface area contributed by atoms with E-state index in [0.717, 1.165) is 68.8 Å². The van der Waals surface area contributed by atoms with Crippen molar-refractivity contribution in [3.05, 3.63) is 54.0 Å². The van der Waals surface area contributed by atoms with Crippen LogP contribution in [0.15, 0.2) is 42.9 Å². The molecule has 0 unspecified atom stereocenters. The zero-order valence-corrected chi connectivity index (χ0v) is 22.4. The van der Waals surface area contributed by atoms with Gasteiger partial charge in [-0.05, 0) is 74.8 Å². The van der Waals surface area contributed by atoms with Crippen molar-refractivity contribution in [2.24, 2.45) is 5.92 Å². The first-order valence-corrected chi connectivity index (χ1v) is 14.8. The molecule has 2 atom stereocenters. The van der Waals surface area contributed by atoms with Crippen molar-refractivity contribution >= 4 is 11.6 Å². The number of ether oxygens (including phenoxy) is 1. The van der Waals surface area contributed by atoms with Crippen LogP contribution in [0.4, 0.5) is 0 Å². The van der Waals surface area contributed by atoms with Crippen molar-refractivity contribution in [2.45, 2.75) is 80.4 Å². The molecule has 1 aromatic carbocycles. The van der Waals surface area contributed by atoms with Crippen molar-refractivity contribution in [1.82, 2.24) is 24.8 Å². The quantitative estimate of drug-likeness (QED) is 0.526. The number of amides is 1. The maximum absolute atomic E-state index is 13.2. The average molecular weight is 528 g/mol. The Morgan fingerprint density at radius 1 is 1.00 bits per heavy atom. The maximum atomic E-state index is 13.2. The van der Waals surface area contributed by atoms with Gasteiger partial charge in [0.2, 0.25) is 0 Å². The van der Waals surface area contributed by atoms with Gasteiger partial charge < -0.3 is 15.2 Å². The van der Waals surface area contributed by atoms with Gasteiger partial charge in [0.25, 0.3) is 5.91 Å². The lowest BCUT2D eigenvalue weighted by atomic mass is 9.63. The van der Waals surface area contributed by atoms with E-state index in [1.165, 1.54) is 37.9 Å². The molecule has 204 valence electrons. The first kappa shape index (κ1) is 24.0. The number of aliphatic hydroxyl groups is 1. The molecular formula is C31H37N5O3. The molecule has 0 spiro atoms. The van der Waals surface area contributed by atoms with Crippen molar-refractivity contribution in [1.29, 1.82) is 0 Å². The van der Waals surface area contributed by atoms with Gasteiger partial charge in [-0.25, -0.2) is 9.50 Å². The fraction of sp³-hybridized carbons (Fsp3) is 0.581. The third kappa shape index (κ3) is 3.94. The molecule has 4 saturated carbocycles. The summed E-state index contributed by atoms with van der Waals surface area (Å²) in [6, 6.07) is 9.73. The second-order valence-electron chi connectivity index (χ2n) is 13.0. The van der Waals surface area contributed by atoms with E-state index in [1.54, 1.807) is 10.7 Å². The Labute approximate surface area is 228 Å². The van der Waals surface area contributed by atoms with Gasteiger partial charge in [-0.15, -0.1) is 0 Å². The van der Waals surface area contributed by atoms with Crippen LogP contribution in [0.5, 0.6) is 0 Å². The predicted octanol–water partition coefficient (Wildman–Crippen LogP) is 3.72. The number of aromatic nitrogens is 3. The fourth-order valence-electron chi connectivity index (χ4n) is 8.14. The van der Waals surface area contributed by atoms with Crippen LogP contribution >= 0.6 is 0 Å². The summed E-state index contributed by atoms with van der Waals surface area (Å²) in [7, 11) is 0. The van der Waals surface area contributed by atoms with Gasteiger partial charge in [0.1, 0.15) is 5.56 Å². The van der Waals surface area contributed by atoms with Crippen LogP contribution in [0.25, 0.3) is 16.8 Å². The minimum atomic E-state index is -0.519. The van der Waals surface area contributed by atoms with Gasteiger partial charge in [0, 0.05) is 61.3 Å². The number of benzene rings is 1. The van der Waals surface area contributed by atoms with Crippen molar-refractivity contribution in [3.63, 3.8) is 0 Å². The second kappa shape index (κ2) is 8.59. The number of hydrogen-bond donors (Lipinski definition) is 2. The van der Waals surface area contributed by atoms with Crippen molar-refractivity contribution in [2.75, 3.05) is 26.3 Å². The number of fused-ring (bicyclic) bond motifs is 5. The Morgan fingerprint density at radius 3 is 2.49 bits per heavy atom. The monoisotopic (exact) mass is 527 g/mol. The standard InChI is InChI=1S/C31H37N5O3/c37-28(34-29-7-10-30(38,11-8-29)12-9-29)26-17-33-36-18-22(16-32-27(26)36)21-1-3-23(4-2-21)31-15-24(31)19-35(20-31)25-5-13-39-14-6-25/h1-4,16-18,24-25,38H,5-15,19-20H2,(H,34,37)/t24-,29?,30?,31+/m1/s1. The smallest absolute Gasteiger partial charge is 0.257 e. The van der Waals surface area contributed by atoms with E-state index in [9.17, 15) is 9.90 Å². The van der Waals surface area contributed by atoms with Gasteiger partial charge in [-0.2, -0.15) is 5.10 Å². The molecule has 2 saturated heterocycles. The van der Waals surface area contributed by atoms with Gasteiger partial charge in [-0.1, -0.05) is 24.3 Å². The lowest BCUT2D eigenvalue weighted by Gasteiger charge is -2.51. The molecule has 2 N–H and O–H groups in total. The van der Waals surface area contributed by atoms with Gasteiger partial charge in [0.05, 0.1) is 11.8 Å². The van der Waals surface area contributed by atoms with Crippen LogP contribution in [0.3, 0.4) is 0 Å². The van der Waals surface area contributed by atoms with E-state index < -0.39 is 5.60 Å². The van der Waals surface area contributed by atoms with E-state index in [4.69, 9.17) is 4.74 Å². The van der Waals surface area contributed by atoms with E-state index in [2.05, 4.69) is 44.6 Å². The first-order valence-electron chi connectivity index (χ1n) is 14.8. The van der Waals surface area contributed by atoms with Gasteiger partial charge in [0.15, 0.2) is 5.65 Å². The van der Waals surface area contributed by atoms with Crippen molar-refractivity contribution < 1.29 is 14.6 Å². The molecule has 39 heavy (non-hydrogen) atoms. The zero-order valence-electron chi connectivity index (χ0n) is 22.4. The summed E-state index contributed by atoms with van der Waals surface area (Å²) in [5, 5.41) is 18.3. The molecular weight excluding hydrogens is 490 g/mol. The molecule has 6 aliphatic rings. The predicted molar refractivity (Wildman–Crippen MR) is 146 cm³/mol. The Kier molecular flexibility index (Phi) is 5.29. The van der Waals surface area contributed by atoms with Crippen LogP contribution in [-0.2, 0) is 10.2 Å². The number of nitrogens with zero attached hydrogens (tertiary/aromatic N) is 4. The highest BCUT2D eigenvalue weighted by molar-refractivity contribution is 6.00. The van der Waals surface area contributed by atoms with E-state index in [1.807, 2.05) is 12.4 Å². The third-order valence-corrected chi connectivity index (χ3v) is 10.9. The molecule has 8 nitrogen and oxygen atoms in total. The molecule has 4 heterocycles. The zero-order chi connectivity index (χ0) is 26.2. The van der Waals surface area contributed by atoms with Crippen LogP contribution < -0.4 is 5.32 Å². The van der Waals surface area contributed by atoms with Crippen molar-refractivity contribution in [3.8, 4) is 11.1 Å². The summed E-state index contributed by atoms with van der Waals surface area (Å²) in [5.41, 5.74) is 4.24. The molecule has 4 aliphatic carbocycles. The highest BCUT2D eigenvalue weighted by Crippen LogP contribution is 2.59. The number of carbonyl (C=O) groups is 1. The average Bonchev–Trinajstić information content (AvgIpc) is 3.31. The van der Waals surface area contributed by atoms with E-state index in [0.29, 0.717) is 22.7 Å². The summed E-state index contributed by atoms with van der Waals surface area (Å²) < 4.78 is 7.30. The Hall–Kier alpha value is -2.81. The third-order valence-electron chi connectivity index (χ3n) is 10.9. The number of nitrogens with one attached hydrogen (secondary N) is 1. The molecule has 8 heteroatoms. The number of carbonyl (C=O) groups excluding carboxylic acids is 1. The number of hydrogen-bond acceptors (Lipinski definition) is 6. The van der Waals surface area contributed by atoms with Crippen LogP contribution in [0.2, 0.25) is 0 Å². The highest BCUT2D eigenvalue weighted by atomic mass is 16.5. The molecule has 9 rings (SSSR count). The Balaban J connectivity index is 0.977. The van der Waals surface area contributed by atoms with Crippen LogP contribution in [0, 0.1) is 5.92 Å². The second-order valence-corrected chi connectivity index (χ2v) is 13.0. The minimum Gasteiger partial charge on any atom is -0.390 e. The lowest BCUT2D eigenvalue weighted by molar-refractivity contribution is -0.0702. The van der Waals surface area contributed by atoms with Crippen LogP contribution in [-0.4, -0.2) is 74.0 Å². The van der Waals surface area contributed by atoms with E-state index >= 15 is 0 Å². The molecule has 6 fully saturated rings. The summed E-state index contributed by atoms with van der Waals surface area (Å²) >= 11 is 0. The Bertz CT molecular complexity index is 1400. The van der Waals surface area contributed by atoms with E-state index in [-0.39, 0.29) is 11.4 Å². The molecule has 2 bridgehead atoms. The lowest BCUT2D eigenvalue weighted by Crippen LogP contribution is -2.58. The molecule has 0 radical (unpaired) electrons. The maximum Gasteiger partial charge on any atom is 0.257 e. The molecule has 1 amide bonds. The first-order chi connectivity index (χ1) is 18.9. The summed E-state index contributed by atoms with van der Waals surface area (Å²) in [5.74, 6) is 0.664.